The molecule has 0 N–H and O–H groups in total. The van der Waals surface area contributed by atoms with E-state index in [0.29, 0.717) is 0 Å². The van der Waals surface area contributed by atoms with E-state index in [1.165, 1.54) is 133 Å². The minimum Gasteiger partial charge on any atom is -0.309 e. The van der Waals surface area contributed by atoms with Crippen LogP contribution in [0.15, 0.2) is 298 Å². The predicted octanol–water partition coefficient (Wildman–Crippen LogP) is 20.7. The van der Waals surface area contributed by atoms with Gasteiger partial charge in [-0.05, 0) is 188 Å². The molecule has 0 atom stereocenters. The van der Waals surface area contributed by atoms with E-state index in [1.54, 1.807) is 12.4 Å². The highest BCUT2D eigenvalue weighted by atomic mass is 15.0. The number of fused-ring (bicyclic) bond motifs is 29. The molecule has 16 aromatic rings. The van der Waals surface area contributed by atoms with Gasteiger partial charge in [-0.1, -0.05) is 231 Å². The molecule has 3 nitrogen and oxygen atoms in total. The molecule has 0 saturated heterocycles. The summed E-state index contributed by atoms with van der Waals surface area (Å²) < 4.78 is 2.49. The molecule has 0 fully saturated rings. The zero-order valence-electron chi connectivity index (χ0n) is 47.1. The zero-order chi connectivity index (χ0) is 56.7. The van der Waals surface area contributed by atoms with Crippen LogP contribution in [0.1, 0.15) is 44.5 Å². The second-order valence-electron chi connectivity index (χ2n) is 24.2. The average Bonchev–Trinajstić information content (AvgIpc) is 1.62. The van der Waals surface area contributed by atoms with Crippen molar-refractivity contribution < 1.29 is 0 Å². The molecule has 400 valence electrons. The molecule has 87 heavy (non-hydrogen) atoms. The Morgan fingerprint density at radius 1 is 0.218 bits per heavy atom. The van der Waals surface area contributed by atoms with Crippen molar-refractivity contribution in [2.45, 2.75) is 10.8 Å². The molecule has 4 aliphatic carbocycles. The van der Waals surface area contributed by atoms with Gasteiger partial charge in [-0.2, -0.15) is 0 Å². The summed E-state index contributed by atoms with van der Waals surface area (Å²) in [5.74, 6) is 0. The first kappa shape index (κ1) is 47.1. The molecule has 4 aliphatic rings. The summed E-state index contributed by atoms with van der Waals surface area (Å²) in [7, 11) is 0. The van der Waals surface area contributed by atoms with Crippen molar-refractivity contribution in [1.82, 2.24) is 14.5 Å². The van der Waals surface area contributed by atoms with Gasteiger partial charge in [0.2, 0.25) is 0 Å². The Kier molecular flexibility index (Phi) is 9.32. The van der Waals surface area contributed by atoms with Crippen molar-refractivity contribution >= 4 is 54.4 Å². The molecule has 0 radical (unpaired) electrons. The van der Waals surface area contributed by atoms with Crippen LogP contribution >= 0.6 is 0 Å². The summed E-state index contributed by atoms with van der Waals surface area (Å²) in [6.07, 6.45) is 3.59. The number of hydrogen-bond donors (Lipinski definition) is 0. The van der Waals surface area contributed by atoms with Gasteiger partial charge in [0.1, 0.15) is 0 Å². The Hall–Kier alpha value is -11.3. The van der Waals surface area contributed by atoms with E-state index in [1.807, 2.05) is 0 Å². The van der Waals surface area contributed by atoms with Crippen LogP contribution in [0.4, 0.5) is 0 Å². The predicted molar refractivity (Wildman–Crippen MR) is 358 cm³/mol. The maximum Gasteiger partial charge on any atom is 0.0971 e. The van der Waals surface area contributed by atoms with Crippen LogP contribution in [0.2, 0.25) is 0 Å². The summed E-state index contributed by atoms with van der Waals surface area (Å²) >= 11 is 0. The molecular formula is C84H49N3. The molecule has 0 unspecified atom stereocenters. The first-order valence-electron chi connectivity index (χ1n) is 30.3. The van der Waals surface area contributed by atoms with Gasteiger partial charge in [-0.15, -0.1) is 0 Å². The second kappa shape index (κ2) is 17.2. The summed E-state index contributed by atoms with van der Waals surface area (Å²) in [6.45, 7) is 0. The molecule has 0 saturated carbocycles. The molecule has 0 aliphatic heterocycles. The van der Waals surface area contributed by atoms with Gasteiger partial charge in [0, 0.05) is 39.6 Å². The number of nitrogens with zero attached hydrogens (tertiary/aromatic N) is 3. The molecule has 2 heterocycles. The van der Waals surface area contributed by atoms with Gasteiger partial charge in [0.05, 0.1) is 32.9 Å². The van der Waals surface area contributed by atoms with Crippen LogP contribution < -0.4 is 0 Å². The monoisotopic (exact) mass is 1100 g/mol. The zero-order valence-corrected chi connectivity index (χ0v) is 47.1. The molecular weight excluding hydrogens is 1050 g/mol. The van der Waals surface area contributed by atoms with Gasteiger partial charge in [-0.25, -0.2) is 0 Å². The fourth-order valence-electron chi connectivity index (χ4n) is 16.8. The molecule has 0 amide bonds. The van der Waals surface area contributed by atoms with Crippen molar-refractivity contribution in [3.63, 3.8) is 0 Å². The van der Waals surface area contributed by atoms with E-state index in [2.05, 4.69) is 290 Å². The third-order valence-corrected chi connectivity index (χ3v) is 20.3. The van der Waals surface area contributed by atoms with Crippen LogP contribution in [0, 0.1) is 0 Å². The van der Waals surface area contributed by atoms with Crippen molar-refractivity contribution in [2.75, 3.05) is 0 Å². The Morgan fingerprint density at radius 2 is 0.552 bits per heavy atom. The highest BCUT2D eigenvalue weighted by Gasteiger charge is 2.53. The van der Waals surface area contributed by atoms with Crippen LogP contribution in [-0.4, -0.2) is 14.5 Å². The lowest BCUT2D eigenvalue weighted by Crippen LogP contribution is -2.25. The Bertz CT molecular complexity index is 5330. The van der Waals surface area contributed by atoms with E-state index in [4.69, 9.17) is 9.97 Å². The van der Waals surface area contributed by atoms with Gasteiger partial charge in [-0.3, -0.25) is 9.97 Å². The lowest BCUT2D eigenvalue weighted by Gasteiger charge is -2.30. The summed E-state index contributed by atoms with van der Waals surface area (Å²) in [4.78, 5) is 9.68. The van der Waals surface area contributed by atoms with E-state index < -0.39 is 10.8 Å². The highest BCUT2D eigenvalue weighted by Crippen LogP contribution is 2.65. The van der Waals surface area contributed by atoms with E-state index in [9.17, 15) is 0 Å². The third-order valence-electron chi connectivity index (χ3n) is 20.3. The average molecular weight is 1100 g/mol. The normalized spacial score (nSPS) is 13.9. The van der Waals surface area contributed by atoms with E-state index >= 15 is 0 Å². The molecule has 14 aromatic carbocycles. The third kappa shape index (κ3) is 6.05. The lowest BCUT2D eigenvalue weighted by molar-refractivity contribution is 0.794. The SMILES string of the molecule is c1cc(-c2ccc3c(c2)c2ccccc2c2nccnc32)cc(-n2c3ccc(-c4ccc5c(c4)C4(c6ccccc6-c6ccccc64)c4ccccc4-5)cc3c3cc(-c4ccc5c(c4)C4(c6ccccc6-c6ccccc64)c4ccccc4-5)ccc32)c1. The Balaban J connectivity index is 0.795. The standard InChI is InChI=1S/C84H49N3/c1-2-25-66-57(18-1)68-45-51(34-39-67(68)82-81(66)85-42-43-86-82)50-16-15-17-56(44-50)87-79-40-35-52(54-32-37-64-62-23-7-13-30-75(62)83(77(64)48-54)71-26-9-3-19-58(71)59-20-4-10-27-72(59)83)46-69(79)70-47-53(36-41-80(70)87)55-33-38-65-63-24-8-14-31-76(63)84(78(65)49-55)73-28-11-5-21-60(73)61-22-6-12-29-74(61)84/h1-49H. The van der Waals surface area contributed by atoms with Crippen molar-refractivity contribution in [2.24, 2.45) is 0 Å². The summed E-state index contributed by atoms with van der Waals surface area (Å²) in [6, 6.07) is 108. The van der Waals surface area contributed by atoms with Crippen LogP contribution in [0.3, 0.4) is 0 Å². The molecule has 20 rings (SSSR count). The van der Waals surface area contributed by atoms with Crippen LogP contribution in [-0.2, 0) is 10.8 Å². The minimum absolute atomic E-state index is 0.437. The van der Waals surface area contributed by atoms with Gasteiger partial charge < -0.3 is 4.57 Å². The topological polar surface area (TPSA) is 30.7 Å². The van der Waals surface area contributed by atoms with Gasteiger partial charge >= 0.3 is 0 Å². The molecule has 2 spiro atoms. The number of benzene rings is 14. The smallest absolute Gasteiger partial charge is 0.0971 e. The van der Waals surface area contributed by atoms with E-state index in [-0.39, 0.29) is 0 Å². The molecule has 2 aromatic heterocycles. The Labute approximate surface area is 502 Å². The molecule has 0 bridgehead atoms. The summed E-state index contributed by atoms with van der Waals surface area (Å²) in [5, 5.41) is 6.98. The summed E-state index contributed by atoms with van der Waals surface area (Å²) in [5.41, 5.74) is 32.7. The van der Waals surface area contributed by atoms with Crippen LogP contribution in [0.25, 0.3) is 138 Å². The minimum atomic E-state index is -0.437. The highest BCUT2D eigenvalue weighted by molar-refractivity contribution is 6.23. The van der Waals surface area contributed by atoms with Crippen molar-refractivity contribution in [3.8, 4) is 83.6 Å². The second-order valence-corrected chi connectivity index (χ2v) is 24.2. The number of rotatable bonds is 4. The maximum absolute atomic E-state index is 4.87. The fourth-order valence-corrected chi connectivity index (χ4v) is 16.8. The van der Waals surface area contributed by atoms with Crippen LogP contribution in [0.5, 0.6) is 0 Å². The quantitative estimate of drug-likeness (QED) is 0.164. The van der Waals surface area contributed by atoms with E-state index in [0.717, 1.165) is 49.7 Å². The maximum atomic E-state index is 4.87. The fraction of sp³-hybridized carbons (Fsp3) is 0.0238. The van der Waals surface area contributed by atoms with Crippen molar-refractivity contribution in [3.05, 3.63) is 342 Å². The molecule has 3 heteroatoms. The first-order chi connectivity index (χ1) is 43.1. The van der Waals surface area contributed by atoms with Gasteiger partial charge in [0.15, 0.2) is 0 Å². The number of hydrogen-bond acceptors (Lipinski definition) is 2. The Morgan fingerprint density at radius 3 is 1.00 bits per heavy atom. The van der Waals surface area contributed by atoms with Gasteiger partial charge in [0.25, 0.3) is 0 Å². The lowest BCUT2D eigenvalue weighted by atomic mass is 9.70. The largest absolute Gasteiger partial charge is 0.309 e. The number of aromatic nitrogens is 3. The first-order valence-corrected chi connectivity index (χ1v) is 30.3. The van der Waals surface area contributed by atoms with Crippen molar-refractivity contribution in [1.29, 1.82) is 0 Å².